The third-order valence-corrected chi connectivity index (χ3v) is 3.16. The maximum absolute atomic E-state index is 2.40. The van der Waals surface area contributed by atoms with Gasteiger partial charge in [0.05, 0.1) is 0 Å². The van der Waals surface area contributed by atoms with Gasteiger partial charge in [-0.2, -0.15) is 0 Å². The summed E-state index contributed by atoms with van der Waals surface area (Å²) in [6.45, 7) is 8.71. The van der Waals surface area contributed by atoms with Gasteiger partial charge in [0, 0.05) is 0 Å². The van der Waals surface area contributed by atoms with E-state index in [1.54, 1.807) is 0 Å². The zero-order valence-electron chi connectivity index (χ0n) is 10.1. The quantitative estimate of drug-likeness (QED) is 0.577. The van der Waals surface area contributed by atoms with E-state index in [1.165, 1.54) is 44.9 Å². The van der Waals surface area contributed by atoms with E-state index in [-0.39, 0.29) is 0 Å². The predicted octanol–water partition coefficient (Wildman–Crippen LogP) is 5.03. The van der Waals surface area contributed by atoms with Gasteiger partial charge in [0.25, 0.3) is 0 Å². The zero-order valence-corrected chi connectivity index (χ0v) is 10.1. The van der Waals surface area contributed by atoms with Crippen LogP contribution in [0.1, 0.15) is 72.6 Å². The number of hydrogen-bond acceptors (Lipinski definition) is 0. The highest BCUT2D eigenvalue weighted by Gasteiger charge is 2.14. The lowest BCUT2D eigenvalue weighted by atomic mass is 9.83. The van der Waals surface area contributed by atoms with Crippen LogP contribution in [-0.4, -0.2) is 0 Å². The molecule has 0 bridgehead atoms. The van der Waals surface area contributed by atoms with Gasteiger partial charge in [0.2, 0.25) is 0 Å². The van der Waals surface area contributed by atoms with E-state index in [2.05, 4.69) is 13.8 Å². The van der Waals surface area contributed by atoms with Crippen LogP contribution < -0.4 is 0 Å². The topological polar surface area (TPSA) is 0 Å². The van der Waals surface area contributed by atoms with Crippen LogP contribution in [0.15, 0.2) is 0 Å². The van der Waals surface area contributed by atoms with Crippen LogP contribution in [0.2, 0.25) is 0 Å². The number of hydrogen-bond donors (Lipinski definition) is 0. The monoisotopic (exact) mass is 184 g/mol. The average Bonchev–Trinajstić information content (AvgIpc) is 2.22. The standard InChI is InChI=1S/C11H22.C2H6/c1-3-10(2)9-11-7-5-4-6-8-11;1-2/h10-11H,3-9H2,1-2H3;1-2H3. The summed E-state index contributed by atoms with van der Waals surface area (Å²) in [5.74, 6) is 2.05. The maximum Gasteiger partial charge on any atom is -0.0412 e. The molecule has 0 heterocycles. The molecule has 1 unspecified atom stereocenters. The maximum atomic E-state index is 2.40. The Labute approximate surface area is 85.1 Å². The Hall–Kier alpha value is 0. The summed E-state index contributed by atoms with van der Waals surface area (Å²) < 4.78 is 0. The SMILES string of the molecule is CC.CCC(C)CC1CCCCC1. The molecule has 13 heavy (non-hydrogen) atoms. The van der Waals surface area contributed by atoms with Crippen molar-refractivity contribution in [3.8, 4) is 0 Å². The second-order valence-corrected chi connectivity index (χ2v) is 4.25. The Morgan fingerprint density at radius 1 is 1.08 bits per heavy atom. The van der Waals surface area contributed by atoms with Gasteiger partial charge in [-0.25, -0.2) is 0 Å². The highest BCUT2D eigenvalue weighted by molar-refractivity contribution is 4.67. The third-order valence-electron chi connectivity index (χ3n) is 3.16. The molecule has 1 saturated carbocycles. The summed E-state index contributed by atoms with van der Waals surface area (Å²) in [6.07, 6.45) is 10.4. The van der Waals surface area contributed by atoms with Crippen molar-refractivity contribution in [2.24, 2.45) is 11.8 Å². The lowest BCUT2D eigenvalue weighted by molar-refractivity contribution is 0.293. The van der Waals surface area contributed by atoms with Crippen molar-refractivity contribution < 1.29 is 0 Å². The summed E-state index contributed by atoms with van der Waals surface area (Å²) in [4.78, 5) is 0. The van der Waals surface area contributed by atoms with Gasteiger partial charge >= 0.3 is 0 Å². The van der Waals surface area contributed by atoms with Gasteiger partial charge in [0.1, 0.15) is 0 Å². The summed E-state index contributed by atoms with van der Waals surface area (Å²) in [5.41, 5.74) is 0. The zero-order chi connectivity index (χ0) is 10.1. The molecule has 1 fully saturated rings. The fourth-order valence-corrected chi connectivity index (χ4v) is 2.16. The van der Waals surface area contributed by atoms with Gasteiger partial charge in [-0.15, -0.1) is 0 Å². The molecule has 0 spiro atoms. The molecule has 0 aromatic heterocycles. The molecule has 0 aromatic rings. The van der Waals surface area contributed by atoms with Crippen LogP contribution in [0.25, 0.3) is 0 Å². The summed E-state index contributed by atoms with van der Waals surface area (Å²) >= 11 is 0. The van der Waals surface area contributed by atoms with Crippen molar-refractivity contribution >= 4 is 0 Å². The first-order valence-electron chi connectivity index (χ1n) is 6.33. The molecule has 0 aromatic carbocycles. The van der Waals surface area contributed by atoms with E-state index in [0.29, 0.717) is 0 Å². The van der Waals surface area contributed by atoms with Gasteiger partial charge in [0.15, 0.2) is 0 Å². The fraction of sp³-hybridized carbons (Fsp3) is 1.00. The van der Waals surface area contributed by atoms with Gasteiger partial charge in [-0.05, 0) is 18.3 Å². The molecule has 0 N–H and O–H groups in total. The molecule has 1 aliphatic carbocycles. The van der Waals surface area contributed by atoms with Gasteiger partial charge in [-0.1, -0.05) is 66.2 Å². The normalized spacial score (nSPS) is 20.3. The Morgan fingerprint density at radius 3 is 2.08 bits per heavy atom. The molecule has 0 heteroatoms. The van der Waals surface area contributed by atoms with E-state index in [4.69, 9.17) is 0 Å². The molecule has 80 valence electrons. The van der Waals surface area contributed by atoms with E-state index < -0.39 is 0 Å². The van der Waals surface area contributed by atoms with Crippen molar-refractivity contribution in [2.75, 3.05) is 0 Å². The highest BCUT2D eigenvalue weighted by Crippen LogP contribution is 2.29. The lowest BCUT2D eigenvalue weighted by Crippen LogP contribution is -2.09. The second-order valence-electron chi connectivity index (χ2n) is 4.25. The Balaban J connectivity index is 0.000000671. The smallest absolute Gasteiger partial charge is 0.0412 e. The summed E-state index contributed by atoms with van der Waals surface area (Å²) in [5, 5.41) is 0. The van der Waals surface area contributed by atoms with Crippen LogP contribution in [0.3, 0.4) is 0 Å². The van der Waals surface area contributed by atoms with Gasteiger partial charge in [-0.3, -0.25) is 0 Å². The van der Waals surface area contributed by atoms with Crippen molar-refractivity contribution in [3.63, 3.8) is 0 Å². The molecular formula is C13H28. The van der Waals surface area contributed by atoms with E-state index >= 15 is 0 Å². The van der Waals surface area contributed by atoms with Crippen molar-refractivity contribution in [1.82, 2.24) is 0 Å². The highest BCUT2D eigenvalue weighted by atomic mass is 14.2. The minimum absolute atomic E-state index is 0.970. The first-order valence-corrected chi connectivity index (χ1v) is 6.33. The summed E-state index contributed by atoms with van der Waals surface area (Å²) in [7, 11) is 0. The average molecular weight is 184 g/mol. The van der Waals surface area contributed by atoms with Crippen LogP contribution in [-0.2, 0) is 0 Å². The Bertz CT molecular complexity index is 90.2. The van der Waals surface area contributed by atoms with Crippen LogP contribution >= 0.6 is 0 Å². The summed E-state index contributed by atoms with van der Waals surface area (Å²) in [6, 6.07) is 0. The largest absolute Gasteiger partial charge is 0.0683 e. The van der Waals surface area contributed by atoms with Crippen molar-refractivity contribution in [2.45, 2.75) is 72.6 Å². The van der Waals surface area contributed by atoms with E-state index in [0.717, 1.165) is 11.8 Å². The molecule has 0 amide bonds. The first-order chi connectivity index (χ1) is 6.33. The third kappa shape index (κ3) is 6.12. The second kappa shape index (κ2) is 8.59. The molecule has 1 aliphatic rings. The van der Waals surface area contributed by atoms with Crippen LogP contribution in [0.5, 0.6) is 0 Å². The van der Waals surface area contributed by atoms with E-state index in [1.807, 2.05) is 13.8 Å². The molecule has 1 atom stereocenters. The predicted molar refractivity (Wildman–Crippen MR) is 62.0 cm³/mol. The van der Waals surface area contributed by atoms with E-state index in [9.17, 15) is 0 Å². The van der Waals surface area contributed by atoms with Crippen LogP contribution in [0, 0.1) is 11.8 Å². The minimum atomic E-state index is 0.970. The molecule has 0 nitrogen and oxygen atoms in total. The van der Waals surface area contributed by atoms with Crippen LogP contribution in [0.4, 0.5) is 0 Å². The lowest BCUT2D eigenvalue weighted by Gasteiger charge is -2.23. The van der Waals surface area contributed by atoms with Gasteiger partial charge < -0.3 is 0 Å². The molecule has 1 rings (SSSR count). The van der Waals surface area contributed by atoms with Crippen molar-refractivity contribution in [3.05, 3.63) is 0 Å². The van der Waals surface area contributed by atoms with Crippen molar-refractivity contribution in [1.29, 1.82) is 0 Å². The molecule has 0 saturated heterocycles. The molecular weight excluding hydrogens is 156 g/mol. The fourth-order valence-electron chi connectivity index (χ4n) is 2.16. The Morgan fingerprint density at radius 2 is 1.62 bits per heavy atom. The first kappa shape index (κ1) is 13.0. The minimum Gasteiger partial charge on any atom is -0.0683 e. The number of rotatable bonds is 3. The molecule has 0 radical (unpaired) electrons. The Kier molecular flexibility index (Phi) is 8.59. The molecule has 0 aliphatic heterocycles.